The number of ether oxygens (including phenoxy) is 1. The van der Waals surface area contributed by atoms with Crippen LogP contribution in [0.1, 0.15) is 27.9 Å². The van der Waals surface area contributed by atoms with Crippen molar-refractivity contribution in [1.29, 1.82) is 0 Å². The van der Waals surface area contributed by atoms with Crippen molar-refractivity contribution in [3.63, 3.8) is 0 Å². The molecule has 0 aromatic heterocycles. The Kier molecular flexibility index (Phi) is 7.89. The fourth-order valence-corrected chi connectivity index (χ4v) is 3.12. The summed E-state index contributed by atoms with van der Waals surface area (Å²) in [5, 5.41) is 13.1. The number of nitrogens with one attached hydrogen (secondary N) is 1. The van der Waals surface area contributed by atoms with Crippen molar-refractivity contribution in [3.8, 4) is 5.75 Å². The quantitative estimate of drug-likeness (QED) is 0.414. The molecule has 4 nitrogen and oxygen atoms in total. The van der Waals surface area contributed by atoms with Crippen LogP contribution in [-0.2, 0) is 12.6 Å². The lowest BCUT2D eigenvalue weighted by Crippen LogP contribution is -2.26. The van der Waals surface area contributed by atoms with Crippen LogP contribution in [0.15, 0.2) is 78.9 Å². The fraction of sp³-hybridized carbons (Fsp3) is 0.240. The molecule has 0 aliphatic heterocycles. The summed E-state index contributed by atoms with van der Waals surface area (Å²) in [7, 11) is 0. The molecule has 0 saturated carbocycles. The maximum Gasteiger partial charge on any atom is 0.416 e. The summed E-state index contributed by atoms with van der Waals surface area (Å²) in [5.74, 6) is 0.334. The number of hydrogen-bond acceptors (Lipinski definition) is 4. The largest absolute Gasteiger partial charge is 0.490 e. The number of carbonyl (C=O) groups excluding carboxylic acids is 1. The van der Waals surface area contributed by atoms with Gasteiger partial charge in [-0.15, -0.1) is 0 Å². The van der Waals surface area contributed by atoms with Crippen molar-refractivity contribution in [2.75, 3.05) is 18.5 Å². The standard InChI is InChI=1S/C25H24F3NO3/c26-25(27,28)19-11-13-20(14-12-19)29-16-21(30)17-32-24-9-5-4-8-22(24)23(31)15-10-18-6-2-1-3-7-18/h1-9,11-14,21,29-30H,10,15-17H2/t21-/m1/s1. The normalized spacial score (nSPS) is 12.2. The van der Waals surface area contributed by atoms with E-state index in [1.54, 1.807) is 24.3 Å². The van der Waals surface area contributed by atoms with Gasteiger partial charge in [-0.25, -0.2) is 0 Å². The molecule has 2 N–H and O–H groups in total. The van der Waals surface area contributed by atoms with Gasteiger partial charge in [0.15, 0.2) is 5.78 Å². The van der Waals surface area contributed by atoms with E-state index in [-0.39, 0.29) is 18.9 Å². The Bertz CT molecular complexity index is 1000. The molecule has 3 rings (SSSR count). The summed E-state index contributed by atoms with van der Waals surface area (Å²) in [6.45, 7) is 0.00605. The molecule has 0 aliphatic rings. The average molecular weight is 443 g/mol. The summed E-state index contributed by atoms with van der Waals surface area (Å²) in [6.07, 6.45) is -4.36. The number of aryl methyl sites for hydroxylation is 1. The first-order valence-electron chi connectivity index (χ1n) is 10.2. The Hall–Kier alpha value is -3.32. The number of anilines is 1. The number of Topliss-reactive ketones (excluding diaryl/α,β-unsaturated/α-hetero) is 1. The Labute approximate surface area is 184 Å². The van der Waals surface area contributed by atoms with E-state index < -0.39 is 17.8 Å². The van der Waals surface area contributed by atoms with E-state index >= 15 is 0 Å². The van der Waals surface area contributed by atoms with Gasteiger partial charge in [0.2, 0.25) is 0 Å². The lowest BCUT2D eigenvalue weighted by atomic mass is 10.0. The highest BCUT2D eigenvalue weighted by molar-refractivity contribution is 5.98. The number of carbonyl (C=O) groups is 1. The number of hydrogen-bond donors (Lipinski definition) is 2. The van der Waals surface area contributed by atoms with Gasteiger partial charge in [0.1, 0.15) is 18.5 Å². The van der Waals surface area contributed by atoms with Gasteiger partial charge in [0.25, 0.3) is 0 Å². The molecule has 0 spiro atoms. The van der Waals surface area contributed by atoms with Crippen LogP contribution in [0.2, 0.25) is 0 Å². The van der Waals surface area contributed by atoms with Crippen molar-refractivity contribution < 1.29 is 27.8 Å². The second-order valence-corrected chi connectivity index (χ2v) is 7.33. The Balaban J connectivity index is 1.50. The second-order valence-electron chi connectivity index (χ2n) is 7.33. The van der Waals surface area contributed by atoms with Gasteiger partial charge in [-0.3, -0.25) is 4.79 Å². The molecule has 32 heavy (non-hydrogen) atoms. The SMILES string of the molecule is O=C(CCc1ccccc1)c1ccccc1OC[C@H](O)CNc1ccc(C(F)(F)F)cc1. The van der Waals surface area contributed by atoms with E-state index in [2.05, 4.69) is 5.32 Å². The van der Waals surface area contributed by atoms with Gasteiger partial charge in [-0.1, -0.05) is 42.5 Å². The van der Waals surface area contributed by atoms with Crippen molar-refractivity contribution in [3.05, 3.63) is 95.6 Å². The number of para-hydroxylation sites is 1. The highest BCUT2D eigenvalue weighted by atomic mass is 19.4. The van der Waals surface area contributed by atoms with E-state index in [1.165, 1.54) is 12.1 Å². The van der Waals surface area contributed by atoms with Crippen LogP contribution in [0.4, 0.5) is 18.9 Å². The molecule has 0 radical (unpaired) electrons. The maximum atomic E-state index is 12.7. The summed E-state index contributed by atoms with van der Waals surface area (Å²) in [6, 6.07) is 21.1. The molecule has 3 aromatic carbocycles. The molecule has 0 aliphatic carbocycles. The van der Waals surface area contributed by atoms with Crippen molar-refractivity contribution in [2.24, 2.45) is 0 Å². The monoisotopic (exact) mass is 443 g/mol. The highest BCUT2D eigenvalue weighted by Crippen LogP contribution is 2.29. The second kappa shape index (κ2) is 10.8. The smallest absolute Gasteiger partial charge is 0.416 e. The van der Waals surface area contributed by atoms with Crippen LogP contribution in [0.3, 0.4) is 0 Å². The molecule has 0 amide bonds. The first kappa shape index (κ1) is 23.3. The highest BCUT2D eigenvalue weighted by Gasteiger charge is 2.29. The molecule has 0 fully saturated rings. The Morgan fingerprint density at radius 2 is 1.59 bits per heavy atom. The van der Waals surface area contributed by atoms with Crippen LogP contribution in [0, 0.1) is 0 Å². The summed E-state index contributed by atoms with van der Waals surface area (Å²) in [4.78, 5) is 12.7. The Morgan fingerprint density at radius 3 is 2.28 bits per heavy atom. The van der Waals surface area contributed by atoms with Crippen molar-refractivity contribution in [2.45, 2.75) is 25.1 Å². The molecule has 168 valence electrons. The average Bonchev–Trinajstić information content (AvgIpc) is 2.80. The van der Waals surface area contributed by atoms with E-state index in [0.29, 0.717) is 29.8 Å². The number of aliphatic hydroxyl groups is 1. The van der Waals surface area contributed by atoms with Gasteiger partial charge in [-0.2, -0.15) is 13.2 Å². The van der Waals surface area contributed by atoms with Crippen LogP contribution in [0.5, 0.6) is 5.75 Å². The molecule has 0 bridgehead atoms. The topological polar surface area (TPSA) is 58.6 Å². The Morgan fingerprint density at radius 1 is 0.938 bits per heavy atom. The number of benzene rings is 3. The van der Waals surface area contributed by atoms with Crippen molar-refractivity contribution in [1.82, 2.24) is 0 Å². The molecule has 0 unspecified atom stereocenters. The zero-order chi connectivity index (χ0) is 23.0. The zero-order valence-corrected chi connectivity index (χ0v) is 17.3. The molecule has 0 saturated heterocycles. The molecule has 1 atom stereocenters. The first-order chi connectivity index (χ1) is 15.3. The minimum Gasteiger partial charge on any atom is -0.490 e. The third-order valence-corrected chi connectivity index (χ3v) is 4.86. The van der Waals surface area contributed by atoms with Crippen LogP contribution in [-0.4, -0.2) is 30.1 Å². The number of rotatable bonds is 10. The predicted molar refractivity (Wildman–Crippen MR) is 117 cm³/mol. The number of ketones is 1. The zero-order valence-electron chi connectivity index (χ0n) is 17.3. The molecule has 7 heteroatoms. The third kappa shape index (κ3) is 6.85. The number of halogens is 3. The fourth-order valence-electron chi connectivity index (χ4n) is 3.12. The van der Waals surface area contributed by atoms with Crippen molar-refractivity contribution >= 4 is 11.5 Å². The molecular formula is C25H24F3NO3. The van der Waals surface area contributed by atoms with E-state index in [9.17, 15) is 23.1 Å². The van der Waals surface area contributed by atoms with Gasteiger partial charge >= 0.3 is 6.18 Å². The number of alkyl halides is 3. The first-order valence-corrected chi connectivity index (χ1v) is 10.2. The third-order valence-electron chi connectivity index (χ3n) is 4.86. The van der Waals surface area contributed by atoms with E-state index in [1.807, 2.05) is 30.3 Å². The van der Waals surface area contributed by atoms with Crippen LogP contribution < -0.4 is 10.1 Å². The van der Waals surface area contributed by atoms with Gasteiger partial charge in [-0.05, 0) is 48.4 Å². The van der Waals surface area contributed by atoms with Gasteiger partial charge in [0.05, 0.1) is 11.1 Å². The van der Waals surface area contributed by atoms with E-state index in [0.717, 1.165) is 17.7 Å². The summed E-state index contributed by atoms with van der Waals surface area (Å²) in [5.41, 5.74) is 1.24. The minimum atomic E-state index is -4.39. The predicted octanol–water partition coefficient (Wildman–Crippen LogP) is 5.37. The molecular weight excluding hydrogens is 419 g/mol. The maximum absolute atomic E-state index is 12.7. The lowest BCUT2D eigenvalue weighted by molar-refractivity contribution is -0.137. The van der Waals surface area contributed by atoms with E-state index in [4.69, 9.17) is 4.74 Å². The van der Waals surface area contributed by atoms with Crippen LogP contribution >= 0.6 is 0 Å². The minimum absolute atomic E-state index is 0.0539. The van der Waals surface area contributed by atoms with Gasteiger partial charge < -0.3 is 15.2 Å². The summed E-state index contributed by atoms with van der Waals surface area (Å²) < 4.78 is 43.5. The van der Waals surface area contributed by atoms with Gasteiger partial charge in [0, 0.05) is 18.7 Å². The summed E-state index contributed by atoms with van der Waals surface area (Å²) >= 11 is 0. The molecule has 3 aromatic rings. The molecule has 0 heterocycles. The lowest BCUT2D eigenvalue weighted by Gasteiger charge is -2.16. The van der Waals surface area contributed by atoms with Crippen LogP contribution in [0.25, 0.3) is 0 Å². The number of aliphatic hydroxyl groups excluding tert-OH is 1.